The Morgan fingerprint density at radius 3 is 2.65 bits per heavy atom. The van der Waals surface area contributed by atoms with E-state index in [2.05, 4.69) is 17.3 Å². The van der Waals surface area contributed by atoms with Gasteiger partial charge in [0.1, 0.15) is 0 Å². The third-order valence-corrected chi connectivity index (χ3v) is 4.02. The lowest BCUT2D eigenvalue weighted by Gasteiger charge is -2.29. The maximum atomic E-state index is 13.1. The van der Waals surface area contributed by atoms with E-state index in [4.69, 9.17) is 0 Å². The number of nitrogens with one attached hydrogen (secondary N) is 1. The highest BCUT2D eigenvalue weighted by atomic mass is 19.3. The van der Waals surface area contributed by atoms with Crippen LogP contribution in [0.3, 0.4) is 0 Å². The zero-order valence-electron chi connectivity index (χ0n) is 10.7. The van der Waals surface area contributed by atoms with Gasteiger partial charge in [0.25, 0.3) is 0 Å². The second-order valence-corrected chi connectivity index (χ2v) is 5.83. The van der Waals surface area contributed by atoms with E-state index in [1.807, 2.05) is 0 Å². The van der Waals surface area contributed by atoms with Crippen LogP contribution in [0.25, 0.3) is 0 Å². The third kappa shape index (κ3) is 4.18. The summed E-state index contributed by atoms with van der Waals surface area (Å²) in [6, 6.07) is 0.565. The van der Waals surface area contributed by atoms with E-state index in [9.17, 15) is 8.78 Å². The fourth-order valence-corrected chi connectivity index (χ4v) is 3.17. The number of nitrogens with zero attached hydrogens (tertiary/aromatic N) is 1. The van der Waals surface area contributed by atoms with Crippen LogP contribution in [0, 0.1) is 5.92 Å². The highest BCUT2D eigenvalue weighted by Crippen LogP contribution is 2.38. The van der Waals surface area contributed by atoms with Gasteiger partial charge in [-0.15, -0.1) is 0 Å². The fraction of sp³-hybridized carbons (Fsp3) is 1.00. The number of hydrogen-bond acceptors (Lipinski definition) is 2. The Kier molecular flexibility index (Phi) is 4.36. The van der Waals surface area contributed by atoms with E-state index in [0.29, 0.717) is 12.5 Å². The largest absolute Gasteiger partial charge is 0.313 e. The van der Waals surface area contributed by atoms with Crippen molar-refractivity contribution in [2.45, 2.75) is 50.5 Å². The van der Waals surface area contributed by atoms with Crippen LogP contribution in [0.5, 0.6) is 0 Å². The predicted octanol–water partition coefficient (Wildman–Crippen LogP) is 2.50. The second-order valence-electron chi connectivity index (χ2n) is 5.83. The van der Waals surface area contributed by atoms with Crippen molar-refractivity contribution in [2.24, 2.45) is 5.92 Å². The van der Waals surface area contributed by atoms with Gasteiger partial charge in [-0.05, 0) is 38.8 Å². The Labute approximate surface area is 103 Å². The Balaban J connectivity index is 1.68. The van der Waals surface area contributed by atoms with Gasteiger partial charge in [-0.3, -0.25) is 0 Å². The highest BCUT2D eigenvalue weighted by molar-refractivity contribution is 4.84. The molecule has 1 N–H and O–H groups in total. The number of hydrogen-bond donors (Lipinski definition) is 1. The van der Waals surface area contributed by atoms with Crippen molar-refractivity contribution in [1.29, 1.82) is 0 Å². The van der Waals surface area contributed by atoms with Gasteiger partial charge in [-0.2, -0.15) is 0 Å². The topological polar surface area (TPSA) is 15.3 Å². The summed E-state index contributed by atoms with van der Waals surface area (Å²) < 4.78 is 26.1. The maximum Gasteiger partial charge on any atom is 0.248 e. The van der Waals surface area contributed by atoms with E-state index >= 15 is 0 Å². The summed E-state index contributed by atoms with van der Waals surface area (Å²) in [6.45, 7) is 2.94. The minimum absolute atomic E-state index is 0.0905. The zero-order chi connectivity index (χ0) is 12.3. The molecule has 0 bridgehead atoms. The van der Waals surface area contributed by atoms with Crippen LogP contribution in [-0.4, -0.2) is 43.5 Å². The van der Waals surface area contributed by atoms with E-state index in [1.54, 1.807) is 0 Å². The molecule has 2 unspecified atom stereocenters. The summed E-state index contributed by atoms with van der Waals surface area (Å²) in [7, 11) is 2.06. The number of likely N-dealkylation sites (N-methyl/N-ethyl adjacent to an activating group) is 1. The van der Waals surface area contributed by atoms with E-state index in [1.165, 1.54) is 19.3 Å². The van der Waals surface area contributed by atoms with Crippen LogP contribution in [0.4, 0.5) is 8.78 Å². The van der Waals surface area contributed by atoms with Crippen LogP contribution >= 0.6 is 0 Å². The van der Waals surface area contributed by atoms with Gasteiger partial charge in [0.2, 0.25) is 5.92 Å². The van der Waals surface area contributed by atoms with Crippen LogP contribution in [0.1, 0.15) is 38.5 Å². The molecule has 1 saturated heterocycles. The summed E-state index contributed by atoms with van der Waals surface area (Å²) >= 11 is 0. The summed E-state index contributed by atoms with van der Waals surface area (Å²) in [5.74, 6) is -2.20. The second kappa shape index (κ2) is 5.61. The number of alkyl halides is 2. The van der Waals surface area contributed by atoms with Crippen LogP contribution < -0.4 is 5.32 Å². The first-order valence-electron chi connectivity index (χ1n) is 6.85. The number of rotatable bonds is 4. The van der Waals surface area contributed by atoms with Gasteiger partial charge in [0, 0.05) is 32.0 Å². The first-order chi connectivity index (χ1) is 8.05. The molecule has 1 aliphatic carbocycles. The summed E-state index contributed by atoms with van der Waals surface area (Å²) in [5, 5.41) is 3.50. The first-order valence-corrected chi connectivity index (χ1v) is 6.85. The number of halogens is 2. The van der Waals surface area contributed by atoms with Crippen LogP contribution in [0.15, 0.2) is 0 Å². The molecule has 100 valence electrons. The van der Waals surface area contributed by atoms with Crippen LogP contribution in [0.2, 0.25) is 0 Å². The molecule has 0 amide bonds. The van der Waals surface area contributed by atoms with Gasteiger partial charge in [0.05, 0.1) is 0 Å². The molecule has 0 spiro atoms. The Morgan fingerprint density at radius 1 is 1.24 bits per heavy atom. The summed E-state index contributed by atoms with van der Waals surface area (Å²) in [5.41, 5.74) is 0. The quantitative estimate of drug-likeness (QED) is 0.820. The van der Waals surface area contributed by atoms with E-state index in [-0.39, 0.29) is 18.8 Å². The molecule has 0 aromatic carbocycles. The fourth-order valence-electron chi connectivity index (χ4n) is 3.17. The average molecular weight is 246 g/mol. The molecule has 1 aliphatic heterocycles. The van der Waals surface area contributed by atoms with Gasteiger partial charge < -0.3 is 10.2 Å². The van der Waals surface area contributed by atoms with Crippen molar-refractivity contribution in [3.63, 3.8) is 0 Å². The third-order valence-electron chi connectivity index (χ3n) is 4.02. The van der Waals surface area contributed by atoms with Crippen LogP contribution in [-0.2, 0) is 0 Å². The Bertz CT molecular complexity index is 240. The van der Waals surface area contributed by atoms with Crippen molar-refractivity contribution in [1.82, 2.24) is 10.2 Å². The van der Waals surface area contributed by atoms with Crippen molar-refractivity contribution < 1.29 is 8.78 Å². The molecule has 1 saturated carbocycles. The average Bonchev–Trinajstić information content (AvgIpc) is 2.59. The lowest BCUT2D eigenvalue weighted by Crippen LogP contribution is -2.43. The summed E-state index contributed by atoms with van der Waals surface area (Å²) in [4.78, 5) is 2.23. The van der Waals surface area contributed by atoms with E-state index in [0.717, 1.165) is 19.6 Å². The molecule has 2 rings (SSSR count). The lowest BCUT2D eigenvalue weighted by atomic mass is 10.0. The smallest absolute Gasteiger partial charge is 0.248 e. The molecule has 2 atom stereocenters. The predicted molar refractivity (Wildman–Crippen MR) is 65.4 cm³/mol. The van der Waals surface area contributed by atoms with Gasteiger partial charge in [-0.25, -0.2) is 8.78 Å². The molecule has 2 fully saturated rings. The van der Waals surface area contributed by atoms with E-state index < -0.39 is 5.92 Å². The first kappa shape index (κ1) is 13.2. The molecule has 2 nitrogen and oxygen atoms in total. The van der Waals surface area contributed by atoms with Crippen molar-refractivity contribution in [3.8, 4) is 0 Å². The molecule has 2 aliphatic rings. The Hall–Kier alpha value is -0.220. The standard InChI is InChI=1S/C13H24F2N2/c1-17(10-12-4-2-3-7-16-12)9-11-5-6-13(14,15)8-11/h11-12,16H,2-10H2,1H3. The minimum Gasteiger partial charge on any atom is -0.313 e. The lowest BCUT2D eigenvalue weighted by molar-refractivity contribution is 0.00369. The van der Waals surface area contributed by atoms with Crippen molar-refractivity contribution >= 4 is 0 Å². The minimum atomic E-state index is -2.39. The molecule has 4 heteroatoms. The zero-order valence-corrected chi connectivity index (χ0v) is 10.7. The molecule has 0 aromatic heterocycles. The van der Waals surface area contributed by atoms with Crippen molar-refractivity contribution in [2.75, 3.05) is 26.7 Å². The van der Waals surface area contributed by atoms with Gasteiger partial charge in [0.15, 0.2) is 0 Å². The van der Waals surface area contributed by atoms with Crippen molar-refractivity contribution in [3.05, 3.63) is 0 Å². The molecule has 1 heterocycles. The highest BCUT2D eigenvalue weighted by Gasteiger charge is 2.39. The molecule has 0 aromatic rings. The SMILES string of the molecule is CN(CC1CCC(F)(F)C1)CC1CCCCN1. The Morgan fingerprint density at radius 2 is 2.06 bits per heavy atom. The normalized spacial score (nSPS) is 33.2. The maximum absolute atomic E-state index is 13.1. The number of piperidine rings is 1. The summed E-state index contributed by atoms with van der Waals surface area (Å²) in [6.07, 6.45) is 4.67. The molecular weight excluding hydrogens is 222 g/mol. The molecular formula is C13H24F2N2. The molecule has 0 radical (unpaired) electrons. The van der Waals surface area contributed by atoms with Gasteiger partial charge >= 0.3 is 0 Å². The monoisotopic (exact) mass is 246 g/mol. The van der Waals surface area contributed by atoms with Gasteiger partial charge in [-0.1, -0.05) is 6.42 Å². The molecule has 17 heavy (non-hydrogen) atoms.